The third-order valence-corrected chi connectivity index (χ3v) is 9.05. The quantitative estimate of drug-likeness (QED) is 0.115. The lowest BCUT2D eigenvalue weighted by Gasteiger charge is -2.38. The second-order valence-corrected chi connectivity index (χ2v) is 12.5. The molecule has 2 fully saturated rings. The molecular weight excluding hydrogens is 596 g/mol. The predicted octanol–water partition coefficient (Wildman–Crippen LogP) is 4.97. The zero-order valence-corrected chi connectivity index (χ0v) is 27.0. The Morgan fingerprint density at radius 2 is 1.55 bits per heavy atom. The van der Waals surface area contributed by atoms with Gasteiger partial charge in [0.1, 0.15) is 0 Å². The van der Waals surface area contributed by atoms with E-state index in [-0.39, 0.29) is 43.3 Å². The van der Waals surface area contributed by atoms with Crippen molar-refractivity contribution in [2.75, 3.05) is 30.7 Å². The van der Waals surface area contributed by atoms with Gasteiger partial charge < -0.3 is 36.1 Å². The number of hydrogen-bond acceptors (Lipinski definition) is 8. The number of carbonyl (C=O) groups is 2. The average Bonchev–Trinajstić information content (AvgIpc) is 3.55. The third-order valence-electron chi connectivity index (χ3n) is 9.05. The molecule has 47 heavy (non-hydrogen) atoms. The molecule has 5 rings (SSSR count). The van der Waals surface area contributed by atoms with Gasteiger partial charge in [-0.3, -0.25) is 14.5 Å². The van der Waals surface area contributed by atoms with E-state index >= 15 is 0 Å². The van der Waals surface area contributed by atoms with E-state index in [0.29, 0.717) is 50.0 Å². The zero-order valence-electron chi connectivity index (χ0n) is 27.0. The lowest BCUT2D eigenvalue weighted by atomic mass is 9.99. The Balaban J connectivity index is 1.08. The Hall–Kier alpha value is -3.80. The minimum absolute atomic E-state index is 0.00329. The summed E-state index contributed by atoms with van der Waals surface area (Å²) in [7, 11) is 0. The molecule has 10 nitrogen and oxygen atoms in total. The summed E-state index contributed by atoms with van der Waals surface area (Å²) in [5.74, 6) is -0.0972. The van der Waals surface area contributed by atoms with Crippen LogP contribution < -0.4 is 16.4 Å². The Labute approximate surface area is 277 Å². The number of aliphatic hydroxyl groups is 2. The second-order valence-electron chi connectivity index (χ2n) is 12.5. The normalized spacial score (nSPS) is 21.4. The molecule has 0 bridgehead atoms. The first-order valence-electron chi connectivity index (χ1n) is 16.8. The van der Waals surface area contributed by atoms with Crippen LogP contribution in [0.25, 0.3) is 0 Å². The highest BCUT2D eigenvalue weighted by atomic mass is 16.7. The maximum atomic E-state index is 12.5. The topological polar surface area (TPSA) is 146 Å². The molecule has 0 radical (unpaired) electrons. The Morgan fingerprint density at radius 1 is 0.851 bits per heavy atom. The van der Waals surface area contributed by atoms with E-state index in [1.54, 1.807) is 12.1 Å². The fourth-order valence-corrected chi connectivity index (χ4v) is 6.29. The highest BCUT2D eigenvalue weighted by Crippen LogP contribution is 2.38. The first-order valence-corrected chi connectivity index (χ1v) is 16.8. The van der Waals surface area contributed by atoms with Crippen molar-refractivity contribution in [1.82, 2.24) is 10.2 Å². The number of nitrogens with zero attached hydrogens (tertiary/aromatic N) is 1. The minimum atomic E-state index is -0.553. The van der Waals surface area contributed by atoms with Crippen LogP contribution >= 0.6 is 0 Å². The Kier molecular flexibility index (Phi) is 12.8. The molecule has 2 aliphatic heterocycles. The predicted molar refractivity (Wildman–Crippen MR) is 181 cm³/mol. The lowest BCUT2D eigenvalue weighted by Crippen LogP contribution is -2.42. The Morgan fingerprint density at radius 3 is 2.28 bits per heavy atom. The number of hydrogen-bond donors (Lipinski definition) is 5. The third kappa shape index (κ3) is 10.1. The molecule has 2 aliphatic rings. The van der Waals surface area contributed by atoms with Crippen molar-refractivity contribution in [1.29, 1.82) is 0 Å². The molecule has 4 atom stereocenters. The van der Waals surface area contributed by atoms with Crippen molar-refractivity contribution in [3.63, 3.8) is 0 Å². The summed E-state index contributed by atoms with van der Waals surface area (Å²) in [6, 6.07) is 23.1. The fraction of sp³-hybridized carbons (Fsp3) is 0.459. The number of likely N-dealkylation sites (tertiary alicyclic amines) is 1. The fourth-order valence-electron chi connectivity index (χ4n) is 6.29. The van der Waals surface area contributed by atoms with Gasteiger partial charge in [0.05, 0.1) is 36.8 Å². The number of benzene rings is 3. The lowest BCUT2D eigenvalue weighted by molar-refractivity contribution is -0.253. The van der Waals surface area contributed by atoms with Crippen molar-refractivity contribution in [3.05, 3.63) is 95.1 Å². The molecule has 10 heteroatoms. The van der Waals surface area contributed by atoms with Gasteiger partial charge in [-0.2, -0.15) is 0 Å². The standard InChI is InChI=1S/C37H48N4O6/c38-32-8-4-5-9-33(32)40-36(45)11-3-1-2-10-35(44)39-22-26-12-18-29(19-13-26)37-46-31(23-41-20-6-7-30(41)25-43)21-34(47-37)28-16-14-27(24-42)15-17-28/h4-5,8-9,12-19,30-31,34,37,42-43H,1-3,6-7,10-11,20-25,38H2,(H,39,44)(H,40,45)/t30-,31+,34-,37-/m0/s1. The molecule has 3 aromatic rings. The number of nitrogen functional groups attached to an aromatic ring is 1. The van der Waals surface area contributed by atoms with Crippen molar-refractivity contribution in [2.24, 2.45) is 0 Å². The van der Waals surface area contributed by atoms with Gasteiger partial charge in [-0.15, -0.1) is 0 Å². The maximum absolute atomic E-state index is 12.5. The number of unbranched alkanes of at least 4 members (excludes halogenated alkanes) is 2. The van der Waals surface area contributed by atoms with Crippen molar-refractivity contribution >= 4 is 23.2 Å². The summed E-state index contributed by atoms with van der Waals surface area (Å²) in [5, 5.41) is 25.1. The van der Waals surface area contributed by atoms with Gasteiger partial charge >= 0.3 is 0 Å². The van der Waals surface area contributed by atoms with Crippen molar-refractivity contribution < 1.29 is 29.3 Å². The first-order chi connectivity index (χ1) is 22.9. The molecule has 2 saturated heterocycles. The number of para-hydroxylation sites is 2. The largest absolute Gasteiger partial charge is 0.397 e. The van der Waals surface area contributed by atoms with E-state index < -0.39 is 6.29 Å². The minimum Gasteiger partial charge on any atom is -0.397 e. The molecule has 0 spiro atoms. The van der Waals surface area contributed by atoms with Gasteiger partial charge in [0.25, 0.3) is 0 Å². The number of amides is 2. The number of aliphatic hydroxyl groups excluding tert-OH is 2. The molecule has 3 aromatic carbocycles. The summed E-state index contributed by atoms with van der Waals surface area (Å²) < 4.78 is 13.0. The van der Waals surface area contributed by atoms with Gasteiger partial charge in [0, 0.05) is 44.0 Å². The zero-order chi connectivity index (χ0) is 33.0. The molecule has 6 N–H and O–H groups in total. The van der Waals surface area contributed by atoms with Crippen LogP contribution in [0, 0.1) is 0 Å². The van der Waals surface area contributed by atoms with Crippen molar-refractivity contribution in [2.45, 2.75) is 89.1 Å². The summed E-state index contributed by atoms with van der Waals surface area (Å²) in [4.78, 5) is 27.0. The molecule has 0 unspecified atom stereocenters. The summed E-state index contributed by atoms with van der Waals surface area (Å²) in [5.41, 5.74) is 10.8. The number of anilines is 2. The van der Waals surface area contributed by atoms with E-state index in [1.165, 1.54) is 0 Å². The number of nitrogens with one attached hydrogen (secondary N) is 2. The summed E-state index contributed by atoms with van der Waals surface area (Å²) in [6.45, 7) is 2.26. The van der Waals surface area contributed by atoms with Gasteiger partial charge in [-0.05, 0) is 61.1 Å². The molecular formula is C37H48N4O6. The molecule has 0 saturated carbocycles. The number of nitrogens with two attached hydrogens (primary N) is 1. The van der Waals surface area contributed by atoms with Gasteiger partial charge in [-0.25, -0.2) is 0 Å². The van der Waals surface area contributed by atoms with Crippen LogP contribution in [0.1, 0.15) is 86.0 Å². The number of ether oxygens (including phenoxy) is 2. The second kappa shape index (κ2) is 17.4. The smallest absolute Gasteiger partial charge is 0.224 e. The van der Waals surface area contributed by atoms with E-state index in [4.69, 9.17) is 15.2 Å². The van der Waals surface area contributed by atoms with Gasteiger partial charge in [-0.1, -0.05) is 67.1 Å². The monoisotopic (exact) mass is 644 g/mol. The molecule has 0 aromatic heterocycles. The molecule has 2 heterocycles. The highest BCUT2D eigenvalue weighted by molar-refractivity contribution is 5.93. The number of rotatable bonds is 15. The van der Waals surface area contributed by atoms with Crippen LogP contribution in [-0.2, 0) is 32.2 Å². The van der Waals surface area contributed by atoms with E-state index in [9.17, 15) is 19.8 Å². The highest BCUT2D eigenvalue weighted by Gasteiger charge is 2.35. The average molecular weight is 645 g/mol. The molecule has 2 amide bonds. The van der Waals surface area contributed by atoms with Crippen LogP contribution in [-0.4, -0.2) is 58.8 Å². The number of carbonyl (C=O) groups excluding carboxylic acids is 2. The molecule has 0 aliphatic carbocycles. The summed E-state index contributed by atoms with van der Waals surface area (Å²) >= 11 is 0. The first kappa shape index (κ1) is 34.5. The van der Waals surface area contributed by atoms with Gasteiger partial charge in [0.15, 0.2) is 6.29 Å². The maximum Gasteiger partial charge on any atom is 0.224 e. The van der Waals surface area contributed by atoms with E-state index in [0.717, 1.165) is 54.6 Å². The summed E-state index contributed by atoms with van der Waals surface area (Å²) in [6.07, 6.45) is 4.97. The van der Waals surface area contributed by atoms with Crippen LogP contribution in [0.5, 0.6) is 0 Å². The van der Waals surface area contributed by atoms with Crippen LogP contribution in [0.3, 0.4) is 0 Å². The van der Waals surface area contributed by atoms with Crippen LogP contribution in [0.15, 0.2) is 72.8 Å². The van der Waals surface area contributed by atoms with Crippen LogP contribution in [0.4, 0.5) is 11.4 Å². The SMILES string of the molecule is Nc1ccccc1NC(=O)CCCCCC(=O)NCc1ccc([C@H]2O[C@@H](CN3CCC[C@H]3CO)C[C@@H](c3ccc(CO)cc3)O2)cc1. The van der Waals surface area contributed by atoms with Crippen molar-refractivity contribution in [3.8, 4) is 0 Å². The van der Waals surface area contributed by atoms with Gasteiger partial charge in [0.2, 0.25) is 11.8 Å². The van der Waals surface area contributed by atoms with E-state index in [2.05, 4.69) is 15.5 Å². The molecule has 252 valence electrons. The van der Waals surface area contributed by atoms with E-state index in [1.807, 2.05) is 60.7 Å². The van der Waals surface area contributed by atoms with Crippen LogP contribution in [0.2, 0.25) is 0 Å². The Bertz CT molecular complexity index is 1430.